The molecule has 0 atom stereocenters. The van der Waals surface area contributed by atoms with E-state index in [1.165, 1.54) is 12.1 Å². The van der Waals surface area contributed by atoms with Crippen molar-refractivity contribution < 1.29 is 23.4 Å². The summed E-state index contributed by atoms with van der Waals surface area (Å²) in [5.41, 5.74) is 1.03. The van der Waals surface area contributed by atoms with Gasteiger partial charge < -0.3 is 9.84 Å². The second kappa shape index (κ2) is 7.16. The fraction of sp³-hybridized carbons (Fsp3) is 0.417. The largest absolute Gasteiger partial charge is 0.481 e. The molecule has 1 N–H and O–H groups in total. The van der Waals surface area contributed by atoms with Crippen molar-refractivity contribution in [3.8, 4) is 5.75 Å². The fourth-order valence-corrected chi connectivity index (χ4v) is 1.67. The van der Waals surface area contributed by atoms with Crippen LogP contribution in [0.3, 0.4) is 0 Å². The minimum atomic E-state index is -2.97. The van der Waals surface area contributed by atoms with E-state index < -0.39 is 12.6 Å². The van der Waals surface area contributed by atoms with Crippen molar-refractivity contribution in [2.75, 3.05) is 5.88 Å². The number of aliphatic carboxylic acids is 1. The highest BCUT2D eigenvalue weighted by atomic mass is 35.5. The Balaban J connectivity index is 2.92. The van der Waals surface area contributed by atoms with Crippen molar-refractivity contribution in [2.24, 2.45) is 0 Å². The summed E-state index contributed by atoms with van der Waals surface area (Å²) in [4.78, 5) is 10.6. The second-order valence-electron chi connectivity index (χ2n) is 3.68. The Morgan fingerprint density at radius 2 is 2.17 bits per heavy atom. The molecule has 0 aliphatic rings. The Kier molecular flexibility index (Phi) is 5.85. The van der Waals surface area contributed by atoms with Crippen LogP contribution in [0.25, 0.3) is 0 Å². The number of hydrogen-bond donors (Lipinski definition) is 1. The van der Waals surface area contributed by atoms with Gasteiger partial charge in [0.2, 0.25) is 0 Å². The standard InChI is InChI=1S/C12H13ClF2O3/c13-5-1-2-8-3-4-9(7-11(16)17)10(6-8)18-12(14)15/h3-4,6,12H,1-2,5,7H2,(H,16,17). The van der Waals surface area contributed by atoms with Crippen molar-refractivity contribution >= 4 is 17.6 Å². The summed E-state index contributed by atoms with van der Waals surface area (Å²) in [6.07, 6.45) is 1.00. The van der Waals surface area contributed by atoms with Gasteiger partial charge in [-0.15, -0.1) is 11.6 Å². The van der Waals surface area contributed by atoms with E-state index in [1.807, 2.05) is 0 Å². The topological polar surface area (TPSA) is 46.5 Å². The molecule has 0 spiro atoms. The number of carbonyl (C=O) groups is 1. The predicted octanol–water partition coefficient (Wildman–Crippen LogP) is 3.09. The van der Waals surface area contributed by atoms with E-state index in [2.05, 4.69) is 4.74 Å². The van der Waals surface area contributed by atoms with Crippen LogP contribution in [0.4, 0.5) is 8.78 Å². The third-order valence-electron chi connectivity index (χ3n) is 2.29. The maximum Gasteiger partial charge on any atom is 0.387 e. The molecular weight excluding hydrogens is 266 g/mol. The summed E-state index contributed by atoms with van der Waals surface area (Å²) in [6, 6.07) is 4.63. The summed E-state index contributed by atoms with van der Waals surface area (Å²) in [5.74, 6) is -0.704. The third kappa shape index (κ3) is 4.87. The molecule has 18 heavy (non-hydrogen) atoms. The molecule has 0 aliphatic carbocycles. The fourth-order valence-electron chi connectivity index (χ4n) is 1.54. The van der Waals surface area contributed by atoms with Crippen molar-refractivity contribution in [3.63, 3.8) is 0 Å². The molecular formula is C12H13ClF2O3. The molecule has 3 nitrogen and oxygen atoms in total. The Bertz CT molecular complexity index is 410. The van der Waals surface area contributed by atoms with Crippen molar-refractivity contribution in [3.05, 3.63) is 29.3 Å². The normalized spacial score (nSPS) is 10.7. The van der Waals surface area contributed by atoms with E-state index in [-0.39, 0.29) is 17.7 Å². The molecule has 0 fully saturated rings. The number of aryl methyl sites for hydroxylation is 1. The number of alkyl halides is 3. The first-order valence-electron chi connectivity index (χ1n) is 5.37. The number of carboxylic acid groups (broad SMARTS) is 1. The van der Waals surface area contributed by atoms with E-state index in [0.29, 0.717) is 18.7 Å². The SMILES string of the molecule is O=C(O)Cc1ccc(CCCCl)cc1OC(F)F. The summed E-state index contributed by atoms with van der Waals surface area (Å²) in [6.45, 7) is -2.97. The lowest BCUT2D eigenvalue weighted by Crippen LogP contribution is -2.08. The van der Waals surface area contributed by atoms with E-state index in [1.54, 1.807) is 6.07 Å². The van der Waals surface area contributed by atoms with Crippen LogP contribution in [0.5, 0.6) is 5.75 Å². The summed E-state index contributed by atoms with van der Waals surface area (Å²) in [7, 11) is 0. The summed E-state index contributed by atoms with van der Waals surface area (Å²) in [5, 5.41) is 8.68. The molecule has 100 valence electrons. The lowest BCUT2D eigenvalue weighted by Gasteiger charge is -2.11. The molecule has 1 aromatic carbocycles. The van der Waals surface area contributed by atoms with Crippen LogP contribution >= 0.6 is 11.6 Å². The molecule has 1 aromatic rings. The number of ether oxygens (including phenoxy) is 1. The van der Waals surface area contributed by atoms with Crippen LogP contribution in [0.15, 0.2) is 18.2 Å². The average molecular weight is 279 g/mol. The maximum atomic E-state index is 12.2. The molecule has 0 amide bonds. The molecule has 0 heterocycles. The molecule has 0 saturated heterocycles. The van der Waals surface area contributed by atoms with Crippen molar-refractivity contribution in [2.45, 2.75) is 25.9 Å². The van der Waals surface area contributed by atoms with Crippen LogP contribution in [-0.2, 0) is 17.6 Å². The molecule has 0 aromatic heterocycles. The number of rotatable bonds is 7. The van der Waals surface area contributed by atoms with Crippen molar-refractivity contribution in [1.29, 1.82) is 0 Å². The van der Waals surface area contributed by atoms with Crippen LogP contribution < -0.4 is 4.74 Å². The van der Waals surface area contributed by atoms with Gasteiger partial charge in [-0.1, -0.05) is 12.1 Å². The minimum Gasteiger partial charge on any atom is -0.481 e. The van der Waals surface area contributed by atoms with Crippen LogP contribution in [0.1, 0.15) is 17.5 Å². The van der Waals surface area contributed by atoms with Crippen molar-refractivity contribution in [1.82, 2.24) is 0 Å². The highest BCUT2D eigenvalue weighted by molar-refractivity contribution is 6.17. The number of benzene rings is 1. The molecule has 0 unspecified atom stereocenters. The lowest BCUT2D eigenvalue weighted by atomic mass is 10.0. The Labute approximate surface area is 108 Å². The number of halogens is 3. The molecule has 0 radical (unpaired) electrons. The first kappa shape index (κ1) is 14.7. The highest BCUT2D eigenvalue weighted by Gasteiger charge is 2.13. The second-order valence-corrected chi connectivity index (χ2v) is 4.06. The molecule has 0 saturated carbocycles. The molecule has 1 rings (SSSR count). The lowest BCUT2D eigenvalue weighted by molar-refractivity contribution is -0.136. The van der Waals surface area contributed by atoms with Gasteiger partial charge in [-0.3, -0.25) is 4.79 Å². The van der Waals surface area contributed by atoms with Gasteiger partial charge in [0, 0.05) is 11.4 Å². The number of hydrogen-bond acceptors (Lipinski definition) is 2. The highest BCUT2D eigenvalue weighted by Crippen LogP contribution is 2.24. The Morgan fingerprint density at radius 3 is 2.72 bits per heavy atom. The Hall–Kier alpha value is -1.36. The minimum absolute atomic E-state index is 0.0838. The van der Waals surface area contributed by atoms with Gasteiger partial charge in [0.15, 0.2) is 0 Å². The van der Waals surface area contributed by atoms with E-state index in [4.69, 9.17) is 16.7 Å². The van der Waals surface area contributed by atoms with Crippen LogP contribution in [-0.4, -0.2) is 23.6 Å². The van der Waals surface area contributed by atoms with Crippen LogP contribution in [0.2, 0.25) is 0 Å². The maximum absolute atomic E-state index is 12.2. The summed E-state index contributed by atoms with van der Waals surface area (Å²) >= 11 is 5.55. The first-order chi connectivity index (χ1) is 8.52. The van der Waals surface area contributed by atoms with Gasteiger partial charge in [-0.2, -0.15) is 8.78 Å². The van der Waals surface area contributed by atoms with Gasteiger partial charge >= 0.3 is 12.6 Å². The zero-order chi connectivity index (χ0) is 13.5. The van der Waals surface area contributed by atoms with Gasteiger partial charge in [0.1, 0.15) is 5.75 Å². The van der Waals surface area contributed by atoms with E-state index in [9.17, 15) is 13.6 Å². The van der Waals surface area contributed by atoms with Gasteiger partial charge in [-0.05, 0) is 24.5 Å². The monoisotopic (exact) mass is 278 g/mol. The van der Waals surface area contributed by atoms with E-state index >= 15 is 0 Å². The van der Waals surface area contributed by atoms with E-state index in [0.717, 1.165) is 5.56 Å². The number of carboxylic acids is 1. The zero-order valence-electron chi connectivity index (χ0n) is 9.54. The van der Waals surface area contributed by atoms with Gasteiger partial charge in [-0.25, -0.2) is 0 Å². The smallest absolute Gasteiger partial charge is 0.387 e. The summed E-state index contributed by atoms with van der Waals surface area (Å²) < 4.78 is 28.8. The zero-order valence-corrected chi connectivity index (χ0v) is 10.3. The molecule has 0 aliphatic heterocycles. The quantitative estimate of drug-likeness (QED) is 0.780. The molecule has 6 heteroatoms. The Morgan fingerprint density at radius 1 is 1.44 bits per heavy atom. The predicted molar refractivity (Wildman–Crippen MR) is 63.5 cm³/mol. The van der Waals surface area contributed by atoms with Crippen LogP contribution in [0, 0.1) is 0 Å². The van der Waals surface area contributed by atoms with Gasteiger partial charge in [0.25, 0.3) is 0 Å². The molecule has 0 bridgehead atoms. The van der Waals surface area contributed by atoms with Gasteiger partial charge in [0.05, 0.1) is 6.42 Å². The first-order valence-corrected chi connectivity index (χ1v) is 5.90. The average Bonchev–Trinajstić information content (AvgIpc) is 2.28. The third-order valence-corrected chi connectivity index (χ3v) is 2.56.